The van der Waals surface area contributed by atoms with Gasteiger partial charge in [-0.3, -0.25) is 13.9 Å². The maximum Gasteiger partial charge on any atom is 0.346 e. The lowest BCUT2D eigenvalue weighted by Gasteiger charge is -2.14. The number of rotatable bonds is 1. The first kappa shape index (κ1) is 18.5. The highest BCUT2D eigenvalue weighted by molar-refractivity contribution is 9.10. The number of aryl methyl sites for hydroxylation is 1. The van der Waals surface area contributed by atoms with Crippen LogP contribution < -0.4 is 16.9 Å². The van der Waals surface area contributed by atoms with Crippen LogP contribution in [0, 0.1) is 0 Å². The molecule has 0 bridgehead atoms. The van der Waals surface area contributed by atoms with E-state index in [1.807, 2.05) is 18.2 Å². The molecule has 5 rings (SSSR count). The van der Waals surface area contributed by atoms with Crippen LogP contribution in [0.3, 0.4) is 0 Å². The minimum Gasteiger partial charge on any atom is -0.422 e. The maximum atomic E-state index is 13.1. The van der Waals surface area contributed by atoms with Crippen molar-refractivity contribution in [3.63, 3.8) is 0 Å². The van der Waals surface area contributed by atoms with E-state index in [4.69, 9.17) is 4.42 Å². The number of aromatic nitrogens is 3. The second-order valence-corrected chi connectivity index (χ2v) is 7.92. The summed E-state index contributed by atoms with van der Waals surface area (Å²) in [5.41, 5.74) is 0.428. The van der Waals surface area contributed by atoms with Crippen molar-refractivity contribution in [1.82, 2.24) is 14.1 Å². The zero-order valence-corrected chi connectivity index (χ0v) is 17.6. The summed E-state index contributed by atoms with van der Waals surface area (Å²) < 4.78 is 8.74. The molecule has 7 nitrogen and oxygen atoms in total. The van der Waals surface area contributed by atoms with Gasteiger partial charge in [0.25, 0.3) is 5.56 Å². The molecule has 3 aromatic heterocycles. The van der Waals surface area contributed by atoms with E-state index in [9.17, 15) is 14.4 Å². The predicted molar refractivity (Wildman–Crippen MR) is 119 cm³/mol. The number of hydrogen-bond acceptors (Lipinski definition) is 5. The maximum absolute atomic E-state index is 13.1. The van der Waals surface area contributed by atoms with Gasteiger partial charge in [-0.1, -0.05) is 40.2 Å². The predicted octanol–water partition coefficient (Wildman–Crippen LogP) is 3.32. The van der Waals surface area contributed by atoms with Crippen LogP contribution in [-0.4, -0.2) is 14.1 Å². The van der Waals surface area contributed by atoms with Gasteiger partial charge in [-0.15, -0.1) is 0 Å². The topological polar surface area (TPSA) is 87.1 Å². The van der Waals surface area contributed by atoms with Gasteiger partial charge in [0.05, 0.1) is 16.3 Å². The molecule has 148 valence electrons. The molecular weight excluding hydrogens is 450 g/mol. The van der Waals surface area contributed by atoms with Crippen LogP contribution in [-0.2, 0) is 14.1 Å². The molecule has 0 fully saturated rings. The zero-order valence-electron chi connectivity index (χ0n) is 16.0. The number of benzene rings is 2. The van der Waals surface area contributed by atoms with Crippen LogP contribution in [0.25, 0.3) is 44.0 Å². The van der Waals surface area contributed by atoms with Crippen LogP contribution in [0.15, 0.2) is 71.8 Å². The van der Waals surface area contributed by atoms with E-state index in [-0.39, 0.29) is 16.4 Å². The fraction of sp³-hybridized carbons (Fsp3) is 0.0909. The van der Waals surface area contributed by atoms with Crippen LogP contribution in [0.1, 0.15) is 0 Å². The number of fused-ring (bicyclic) bond motifs is 4. The minimum absolute atomic E-state index is 0.192. The molecule has 3 heterocycles. The van der Waals surface area contributed by atoms with Crippen LogP contribution >= 0.6 is 15.9 Å². The summed E-state index contributed by atoms with van der Waals surface area (Å²) in [6.45, 7) is 0. The van der Waals surface area contributed by atoms with Gasteiger partial charge in [-0.2, -0.15) is 0 Å². The van der Waals surface area contributed by atoms with Gasteiger partial charge in [-0.25, -0.2) is 14.6 Å². The Kier molecular flexibility index (Phi) is 4.01. The standard InChI is InChI=1S/C22H14BrN3O4/c1-25-19-17(20(27)26(2)22(25)29)15(11-7-9-12(23)10-8-11)16-18(24-19)13-5-3-4-6-14(13)30-21(16)28/h3-10H,1-2H3. The van der Waals surface area contributed by atoms with Crippen molar-refractivity contribution in [2.24, 2.45) is 14.1 Å². The average Bonchev–Trinajstić information content (AvgIpc) is 2.75. The summed E-state index contributed by atoms with van der Waals surface area (Å²) in [6, 6.07) is 14.3. The fourth-order valence-electron chi connectivity index (χ4n) is 3.79. The first-order valence-electron chi connectivity index (χ1n) is 9.09. The third-order valence-electron chi connectivity index (χ3n) is 5.27. The van der Waals surface area contributed by atoms with Crippen molar-refractivity contribution in [1.29, 1.82) is 0 Å². The number of para-hydroxylation sites is 1. The number of halogens is 1. The van der Waals surface area contributed by atoms with Crippen LogP contribution in [0.2, 0.25) is 0 Å². The number of nitrogens with zero attached hydrogens (tertiary/aromatic N) is 3. The van der Waals surface area contributed by atoms with E-state index in [0.29, 0.717) is 27.6 Å². The smallest absolute Gasteiger partial charge is 0.346 e. The molecule has 0 atom stereocenters. The summed E-state index contributed by atoms with van der Waals surface area (Å²) in [6.07, 6.45) is 0. The van der Waals surface area contributed by atoms with Crippen molar-refractivity contribution in [2.45, 2.75) is 0 Å². The first-order valence-corrected chi connectivity index (χ1v) is 9.89. The highest BCUT2D eigenvalue weighted by Crippen LogP contribution is 2.34. The molecule has 0 amide bonds. The molecule has 0 N–H and O–H groups in total. The normalized spacial score (nSPS) is 11.6. The number of pyridine rings is 1. The molecule has 0 aliphatic heterocycles. The monoisotopic (exact) mass is 463 g/mol. The van der Waals surface area contributed by atoms with Gasteiger partial charge < -0.3 is 4.42 Å². The van der Waals surface area contributed by atoms with Gasteiger partial charge in [0.15, 0.2) is 5.65 Å². The van der Waals surface area contributed by atoms with E-state index < -0.39 is 16.9 Å². The molecule has 8 heteroatoms. The highest BCUT2D eigenvalue weighted by Gasteiger charge is 2.22. The Balaban J connectivity index is 2.19. The van der Waals surface area contributed by atoms with Crippen molar-refractivity contribution >= 4 is 48.8 Å². The molecule has 0 unspecified atom stereocenters. The second kappa shape index (κ2) is 6.50. The van der Waals surface area contributed by atoms with E-state index in [1.165, 1.54) is 11.6 Å². The Morgan fingerprint density at radius 1 is 0.900 bits per heavy atom. The number of hydrogen-bond donors (Lipinski definition) is 0. The van der Waals surface area contributed by atoms with E-state index in [2.05, 4.69) is 20.9 Å². The SMILES string of the molecule is Cn1c(=O)c2c(-c3ccc(Br)cc3)c3c(=O)oc4ccccc4c3nc2n(C)c1=O. The largest absolute Gasteiger partial charge is 0.422 e. The summed E-state index contributed by atoms with van der Waals surface area (Å²) >= 11 is 3.41. The Bertz CT molecular complexity index is 1680. The zero-order chi connectivity index (χ0) is 21.2. The van der Waals surface area contributed by atoms with Gasteiger partial charge in [-0.05, 0) is 29.8 Å². The molecule has 0 aliphatic carbocycles. The quantitative estimate of drug-likeness (QED) is 0.216. The van der Waals surface area contributed by atoms with Crippen molar-refractivity contribution < 1.29 is 4.42 Å². The van der Waals surface area contributed by atoms with Crippen molar-refractivity contribution in [3.8, 4) is 11.1 Å². The highest BCUT2D eigenvalue weighted by atomic mass is 79.9. The molecule has 0 radical (unpaired) electrons. The Morgan fingerprint density at radius 3 is 2.33 bits per heavy atom. The Hall–Kier alpha value is -3.52. The lowest BCUT2D eigenvalue weighted by molar-refractivity contribution is 0.569. The molecule has 2 aromatic carbocycles. The van der Waals surface area contributed by atoms with Gasteiger partial charge in [0.2, 0.25) is 0 Å². The summed E-state index contributed by atoms with van der Waals surface area (Å²) in [4.78, 5) is 43.4. The van der Waals surface area contributed by atoms with Gasteiger partial charge in [0.1, 0.15) is 5.58 Å². The van der Waals surface area contributed by atoms with Crippen molar-refractivity contribution in [3.05, 3.63) is 84.3 Å². The molecule has 0 saturated carbocycles. The van der Waals surface area contributed by atoms with E-state index >= 15 is 0 Å². The summed E-state index contributed by atoms with van der Waals surface area (Å²) in [5, 5.41) is 1.02. The Labute approximate surface area is 176 Å². The van der Waals surface area contributed by atoms with E-state index in [1.54, 1.807) is 37.4 Å². The third-order valence-corrected chi connectivity index (χ3v) is 5.80. The fourth-order valence-corrected chi connectivity index (χ4v) is 4.05. The Morgan fingerprint density at radius 2 is 1.60 bits per heavy atom. The molecule has 0 aliphatic rings. The minimum atomic E-state index is -0.591. The third kappa shape index (κ3) is 2.50. The molecule has 5 aromatic rings. The van der Waals surface area contributed by atoms with E-state index in [0.717, 1.165) is 9.04 Å². The average molecular weight is 464 g/mol. The van der Waals surface area contributed by atoms with Crippen LogP contribution in [0.5, 0.6) is 0 Å². The van der Waals surface area contributed by atoms with Gasteiger partial charge >= 0.3 is 11.3 Å². The second-order valence-electron chi connectivity index (χ2n) is 7.01. The summed E-state index contributed by atoms with van der Waals surface area (Å²) in [5.74, 6) is 0. The van der Waals surface area contributed by atoms with Crippen LogP contribution in [0.4, 0.5) is 0 Å². The molecule has 30 heavy (non-hydrogen) atoms. The van der Waals surface area contributed by atoms with Crippen molar-refractivity contribution in [2.75, 3.05) is 0 Å². The lowest BCUT2D eigenvalue weighted by Crippen LogP contribution is -2.37. The van der Waals surface area contributed by atoms with Gasteiger partial charge in [0, 0.05) is 29.5 Å². The molecule has 0 saturated heterocycles. The summed E-state index contributed by atoms with van der Waals surface area (Å²) in [7, 11) is 2.96. The molecule has 0 spiro atoms. The molecular formula is C22H14BrN3O4. The lowest BCUT2D eigenvalue weighted by atomic mass is 9.98. The first-order chi connectivity index (χ1) is 14.4.